The number of anilines is 1. The monoisotopic (exact) mass is 491 g/mol. The smallest absolute Gasteiger partial charge is 0.368 e. The van der Waals surface area contributed by atoms with Crippen LogP contribution in [0.15, 0.2) is 18.2 Å². The first kappa shape index (κ1) is 23.8. The van der Waals surface area contributed by atoms with E-state index in [4.69, 9.17) is 0 Å². The summed E-state index contributed by atoms with van der Waals surface area (Å²) in [5, 5.41) is 2.28. The number of halogens is 3. The van der Waals surface area contributed by atoms with E-state index in [2.05, 4.69) is 5.32 Å². The van der Waals surface area contributed by atoms with Crippen LogP contribution in [-0.2, 0) is 20.9 Å². The second-order valence-corrected chi connectivity index (χ2v) is 10.2. The van der Waals surface area contributed by atoms with Gasteiger partial charge in [-0.05, 0) is 50.7 Å². The van der Waals surface area contributed by atoms with Gasteiger partial charge in [0.25, 0.3) is 5.91 Å². The van der Waals surface area contributed by atoms with Gasteiger partial charge < -0.3 is 9.80 Å². The van der Waals surface area contributed by atoms with E-state index >= 15 is 0 Å². The van der Waals surface area contributed by atoms with Crippen molar-refractivity contribution in [2.24, 2.45) is 5.41 Å². The fourth-order valence-corrected chi connectivity index (χ4v) is 5.73. The average molecular weight is 492 g/mol. The number of alkyl halides is 3. The molecule has 3 amide bonds. The van der Waals surface area contributed by atoms with E-state index in [1.54, 1.807) is 12.1 Å². The van der Waals surface area contributed by atoms with E-state index < -0.39 is 23.5 Å². The van der Waals surface area contributed by atoms with E-state index in [9.17, 15) is 32.3 Å². The van der Waals surface area contributed by atoms with Crippen LogP contribution in [-0.4, -0.2) is 53.2 Å². The average Bonchev–Trinajstić information content (AvgIpc) is 3.54. The molecule has 0 aromatic heterocycles. The van der Waals surface area contributed by atoms with Gasteiger partial charge >= 0.3 is 6.18 Å². The quantitative estimate of drug-likeness (QED) is 0.616. The van der Waals surface area contributed by atoms with E-state index in [0.29, 0.717) is 42.5 Å². The van der Waals surface area contributed by atoms with E-state index in [0.717, 1.165) is 0 Å². The first-order valence-electron chi connectivity index (χ1n) is 12.2. The molecule has 1 aromatic rings. The highest BCUT2D eigenvalue weighted by Gasteiger charge is 2.62. The Kier molecular flexibility index (Phi) is 5.88. The van der Waals surface area contributed by atoms with Gasteiger partial charge in [0.15, 0.2) is 0 Å². The van der Waals surface area contributed by atoms with Crippen molar-refractivity contribution in [2.75, 3.05) is 11.4 Å². The number of imide groups is 1. The van der Waals surface area contributed by atoms with Crippen molar-refractivity contribution in [1.82, 2.24) is 10.2 Å². The standard InChI is InChI=1S/C25H28F3N3O4/c26-25(27,28)24(10-11-24)12-13-30(15-4-6-16(32)7-5-15)19-3-1-2-17-18(19)14-31(23(17)35)20-8-9-21(33)29-22(20)34/h1-3,15,20H,4-14H2,(H,29,33,34). The maximum Gasteiger partial charge on any atom is 0.394 e. The number of carbonyl (C=O) groups excluding carboxylic acids is 4. The molecule has 0 bridgehead atoms. The molecule has 1 aromatic carbocycles. The highest BCUT2D eigenvalue weighted by molar-refractivity contribution is 6.06. The predicted octanol–water partition coefficient (Wildman–Crippen LogP) is 3.50. The Labute approximate surface area is 201 Å². The van der Waals surface area contributed by atoms with E-state index in [-0.39, 0.29) is 68.8 Å². The molecule has 2 aliphatic heterocycles. The number of Topliss-reactive ketones (excluding diaryl/α,β-unsaturated/α-hetero) is 1. The zero-order valence-corrected chi connectivity index (χ0v) is 19.3. The van der Waals surface area contributed by atoms with Crippen LogP contribution in [0.5, 0.6) is 0 Å². The van der Waals surface area contributed by atoms with Crippen molar-refractivity contribution in [2.45, 2.75) is 82.6 Å². The molecule has 2 aliphatic carbocycles. The number of benzene rings is 1. The third-order valence-electron chi connectivity index (χ3n) is 8.11. The third-order valence-corrected chi connectivity index (χ3v) is 8.11. The Hall–Kier alpha value is -2.91. The normalized spacial score (nSPS) is 24.4. The predicted molar refractivity (Wildman–Crippen MR) is 119 cm³/mol. The second-order valence-electron chi connectivity index (χ2n) is 10.2. The molecule has 35 heavy (non-hydrogen) atoms. The van der Waals surface area contributed by atoms with Crippen LogP contribution < -0.4 is 10.2 Å². The molecule has 7 nitrogen and oxygen atoms in total. The molecule has 1 saturated heterocycles. The molecule has 1 atom stereocenters. The van der Waals surface area contributed by atoms with Crippen LogP contribution in [0.25, 0.3) is 0 Å². The summed E-state index contributed by atoms with van der Waals surface area (Å²) in [6.45, 7) is 0.338. The lowest BCUT2D eigenvalue weighted by Crippen LogP contribution is -2.52. The molecule has 188 valence electrons. The number of piperidine rings is 1. The summed E-state index contributed by atoms with van der Waals surface area (Å²) < 4.78 is 41.0. The molecule has 2 heterocycles. The number of carbonyl (C=O) groups is 4. The molecule has 1 N–H and O–H groups in total. The molecule has 10 heteroatoms. The maximum atomic E-state index is 13.7. The van der Waals surface area contributed by atoms with Gasteiger partial charge in [0, 0.05) is 55.2 Å². The molecule has 3 fully saturated rings. The maximum absolute atomic E-state index is 13.7. The molecular formula is C25H28F3N3O4. The Morgan fingerprint density at radius 2 is 1.74 bits per heavy atom. The van der Waals surface area contributed by atoms with Crippen molar-refractivity contribution in [3.8, 4) is 0 Å². The highest BCUT2D eigenvalue weighted by Crippen LogP contribution is 2.60. The molecule has 0 radical (unpaired) electrons. The zero-order chi connectivity index (χ0) is 25.0. The second kappa shape index (κ2) is 8.64. The summed E-state index contributed by atoms with van der Waals surface area (Å²) in [5.74, 6) is -1.03. The van der Waals surface area contributed by atoms with Crippen LogP contribution in [0.1, 0.15) is 73.7 Å². The number of nitrogens with zero attached hydrogens (tertiary/aromatic N) is 2. The molecule has 5 rings (SSSR count). The van der Waals surface area contributed by atoms with Crippen LogP contribution in [0.3, 0.4) is 0 Å². The summed E-state index contributed by atoms with van der Waals surface area (Å²) in [7, 11) is 0. The van der Waals surface area contributed by atoms with E-state index in [1.807, 2.05) is 11.0 Å². The van der Waals surface area contributed by atoms with Crippen molar-refractivity contribution >= 4 is 29.2 Å². The topological polar surface area (TPSA) is 86.8 Å². The van der Waals surface area contributed by atoms with E-state index in [1.165, 1.54) is 4.90 Å². The SMILES string of the molecule is O=C1CCC(N(CCC2(C(F)(F)F)CC2)c2cccc3c2CN(C2CCC(=O)NC2=O)C3=O)CC1. The Morgan fingerprint density at radius 3 is 2.37 bits per heavy atom. The highest BCUT2D eigenvalue weighted by atomic mass is 19.4. The van der Waals surface area contributed by atoms with Gasteiger partial charge in [-0.3, -0.25) is 24.5 Å². The number of nitrogens with one attached hydrogen (secondary N) is 1. The van der Waals surface area contributed by atoms with Crippen LogP contribution in [0.4, 0.5) is 18.9 Å². The lowest BCUT2D eigenvalue weighted by molar-refractivity contribution is -0.188. The summed E-state index contributed by atoms with van der Waals surface area (Å²) in [6.07, 6.45) is -1.74. The van der Waals surface area contributed by atoms with Gasteiger partial charge in [0.05, 0.1) is 5.41 Å². The number of ketones is 1. The summed E-state index contributed by atoms with van der Waals surface area (Å²) in [4.78, 5) is 52.5. The Bertz CT molecular complexity index is 1070. The number of rotatable bonds is 6. The van der Waals surface area contributed by atoms with Crippen LogP contribution in [0, 0.1) is 5.41 Å². The Morgan fingerprint density at radius 1 is 1.03 bits per heavy atom. The van der Waals surface area contributed by atoms with Crippen molar-refractivity contribution in [1.29, 1.82) is 0 Å². The minimum absolute atomic E-state index is 0.0323. The molecule has 0 spiro atoms. The van der Waals surface area contributed by atoms with Gasteiger partial charge in [0.1, 0.15) is 11.8 Å². The fraction of sp³-hybridized carbons (Fsp3) is 0.600. The molecule has 2 saturated carbocycles. The van der Waals surface area contributed by atoms with Crippen LogP contribution in [0.2, 0.25) is 0 Å². The van der Waals surface area contributed by atoms with Gasteiger partial charge in [0.2, 0.25) is 11.8 Å². The summed E-state index contributed by atoms with van der Waals surface area (Å²) >= 11 is 0. The fourth-order valence-electron chi connectivity index (χ4n) is 5.73. The van der Waals surface area contributed by atoms with Gasteiger partial charge in [-0.25, -0.2) is 0 Å². The van der Waals surface area contributed by atoms with Crippen molar-refractivity contribution in [3.05, 3.63) is 29.3 Å². The third kappa shape index (κ3) is 4.31. The van der Waals surface area contributed by atoms with Gasteiger partial charge in [-0.1, -0.05) is 6.07 Å². The number of hydrogen-bond donors (Lipinski definition) is 1. The largest absolute Gasteiger partial charge is 0.394 e. The summed E-state index contributed by atoms with van der Waals surface area (Å²) in [6, 6.07) is 4.36. The lowest BCUT2D eigenvalue weighted by Gasteiger charge is -2.38. The Balaban J connectivity index is 1.44. The first-order valence-corrected chi connectivity index (χ1v) is 12.2. The van der Waals surface area contributed by atoms with Crippen LogP contribution >= 0.6 is 0 Å². The van der Waals surface area contributed by atoms with Gasteiger partial charge in [-0.15, -0.1) is 0 Å². The zero-order valence-electron chi connectivity index (χ0n) is 19.3. The van der Waals surface area contributed by atoms with Gasteiger partial charge in [-0.2, -0.15) is 13.2 Å². The molecular weight excluding hydrogens is 463 g/mol. The number of hydrogen-bond acceptors (Lipinski definition) is 5. The van der Waals surface area contributed by atoms with Crippen molar-refractivity contribution in [3.63, 3.8) is 0 Å². The van der Waals surface area contributed by atoms with Crippen molar-refractivity contribution < 1.29 is 32.3 Å². The minimum atomic E-state index is -4.25. The number of amides is 3. The molecule has 4 aliphatic rings. The first-order chi connectivity index (χ1) is 16.6. The lowest BCUT2D eigenvalue weighted by atomic mass is 9.91. The number of fused-ring (bicyclic) bond motifs is 1. The summed E-state index contributed by atoms with van der Waals surface area (Å²) in [5.41, 5.74) is 0.169. The minimum Gasteiger partial charge on any atom is -0.368 e. The molecule has 1 unspecified atom stereocenters.